The SMILES string of the molecule is Cc1cccn2cc(-c3ccccc3NC(=O)NCc3cccc4ccccc34)nc12. The van der Waals surface area contributed by atoms with Gasteiger partial charge in [0.25, 0.3) is 0 Å². The van der Waals surface area contributed by atoms with Crippen molar-refractivity contribution in [1.82, 2.24) is 14.7 Å². The van der Waals surface area contributed by atoms with Crippen LogP contribution < -0.4 is 10.6 Å². The van der Waals surface area contributed by atoms with Gasteiger partial charge in [0.05, 0.1) is 11.4 Å². The molecule has 5 nitrogen and oxygen atoms in total. The van der Waals surface area contributed by atoms with E-state index in [9.17, 15) is 4.79 Å². The summed E-state index contributed by atoms with van der Waals surface area (Å²) in [5.74, 6) is 0. The third-order valence-electron chi connectivity index (χ3n) is 5.45. The molecule has 152 valence electrons. The van der Waals surface area contributed by atoms with Crippen LogP contribution in [0.3, 0.4) is 0 Å². The number of rotatable bonds is 4. The number of amides is 2. The molecule has 31 heavy (non-hydrogen) atoms. The average molecular weight is 406 g/mol. The Morgan fingerprint density at radius 3 is 2.65 bits per heavy atom. The van der Waals surface area contributed by atoms with Gasteiger partial charge in [0, 0.05) is 24.5 Å². The Morgan fingerprint density at radius 2 is 1.74 bits per heavy atom. The Balaban J connectivity index is 1.36. The lowest BCUT2D eigenvalue weighted by atomic mass is 10.0. The minimum absolute atomic E-state index is 0.250. The minimum atomic E-state index is -0.250. The third-order valence-corrected chi connectivity index (χ3v) is 5.45. The van der Waals surface area contributed by atoms with Crippen LogP contribution in [0.2, 0.25) is 0 Å². The number of nitrogens with one attached hydrogen (secondary N) is 2. The van der Waals surface area contributed by atoms with E-state index < -0.39 is 0 Å². The van der Waals surface area contributed by atoms with Gasteiger partial charge >= 0.3 is 6.03 Å². The molecule has 0 spiro atoms. The van der Waals surface area contributed by atoms with Gasteiger partial charge in [0.1, 0.15) is 5.65 Å². The Labute approximate surface area is 180 Å². The van der Waals surface area contributed by atoms with Crippen molar-refractivity contribution >= 4 is 28.1 Å². The predicted octanol–water partition coefficient (Wildman–Crippen LogP) is 5.78. The summed E-state index contributed by atoms with van der Waals surface area (Å²) in [4.78, 5) is 17.5. The van der Waals surface area contributed by atoms with E-state index in [1.54, 1.807) is 0 Å². The van der Waals surface area contributed by atoms with E-state index in [1.165, 1.54) is 0 Å². The number of carbonyl (C=O) groups excluding carboxylic acids is 1. The van der Waals surface area contributed by atoms with Crippen molar-refractivity contribution in [3.63, 3.8) is 0 Å². The lowest BCUT2D eigenvalue weighted by Crippen LogP contribution is -2.28. The zero-order valence-corrected chi connectivity index (χ0v) is 17.2. The van der Waals surface area contributed by atoms with E-state index in [4.69, 9.17) is 4.98 Å². The Bertz CT molecular complexity index is 1400. The highest BCUT2D eigenvalue weighted by Gasteiger charge is 2.12. The average Bonchev–Trinajstić information content (AvgIpc) is 3.24. The standard InChI is InChI=1S/C26H22N4O/c1-18-8-7-15-30-17-24(28-25(18)30)22-13-4-5-14-23(22)29-26(31)27-16-20-11-6-10-19-9-2-3-12-21(19)20/h2-15,17H,16H2,1H3,(H2,27,29,31). The molecule has 2 heterocycles. The molecule has 0 radical (unpaired) electrons. The molecule has 0 saturated heterocycles. The number of para-hydroxylation sites is 1. The monoisotopic (exact) mass is 406 g/mol. The summed E-state index contributed by atoms with van der Waals surface area (Å²) in [6.07, 6.45) is 3.96. The number of urea groups is 1. The van der Waals surface area contributed by atoms with Crippen LogP contribution in [0.1, 0.15) is 11.1 Å². The summed E-state index contributed by atoms with van der Waals surface area (Å²) in [5.41, 5.74) is 5.52. The molecule has 5 aromatic rings. The summed E-state index contributed by atoms with van der Waals surface area (Å²) in [5, 5.41) is 8.27. The maximum Gasteiger partial charge on any atom is 0.319 e. The molecule has 5 rings (SSSR count). The van der Waals surface area contributed by atoms with Gasteiger partial charge in [-0.1, -0.05) is 66.7 Å². The van der Waals surface area contributed by atoms with E-state index >= 15 is 0 Å². The molecular formula is C26H22N4O. The summed E-state index contributed by atoms with van der Waals surface area (Å²) in [6, 6.07) is 25.8. The number of hydrogen-bond acceptors (Lipinski definition) is 2. The first-order valence-electron chi connectivity index (χ1n) is 10.2. The first-order chi connectivity index (χ1) is 15.2. The van der Waals surface area contributed by atoms with Crippen LogP contribution in [0.4, 0.5) is 10.5 Å². The highest BCUT2D eigenvalue weighted by atomic mass is 16.2. The van der Waals surface area contributed by atoms with Crippen LogP contribution in [0, 0.1) is 6.92 Å². The Hall–Kier alpha value is -4.12. The van der Waals surface area contributed by atoms with Gasteiger partial charge in [-0.3, -0.25) is 0 Å². The molecule has 0 fully saturated rings. The molecule has 0 unspecified atom stereocenters. The van der Waals surface area contributed by atoms with Gasteiger partial charge < -0.3 is 15.0 Å². The number of benzene rings is 3. The number of fused-ring (bicyclic) bond motifs is 2. The molecule has 0 aliphatic heterocycles. The molecule has 0 aliphatic carbocycles. The highest BCUT2D eigenvalue weighted by Crippen LogP contribution is 2.28. The van der Waals surface area contributed by atoms with Crippen LogP contribution in [0.5, 0.6) is 0 Å². The van der Waals surface area contributed by atoms with Crippen molar-refractivity contribution in [3.05, 3.63) is 102 Å². The molecule has 0 atom stereocenters. The van der Waals surface area contributed by atoms with Gasteiger partial charge in [-0.2, -0.15) is 0 Å². The van der Waals surface area contributed by atoms with Gasteiger partial charge in [-0.05, 0) is 41.0 Å². The predicted molar refractivity (Wildman–Crippen MR) is 125 cm³/mol. The van der Waals surface area contributed by atoms with Crippen LogP contribution in [0.25, 0.3) is 27.7 Å². The molecule has 2 amide bonds. The van der Waals surface area contributed by atoms with E-state index in [1.807, 2.05) is 84.4 Å². The van der Waals surface area contributed by atoms with Gasteiger partial charge in [-0.15, -0.1) is 0 Å². The number of pyridine rings is 1. The number of carbonyl (C=O) groups is 1. The Kier molecular flexibility index (Phi) is 4.84. The summed E-state index contributed by atoms with van der Waals surface area (Å²) >= 11 is 0. The number of hydrogen-bond donors (Lipinski definition) is 2. The number of nitrogens with zero attached hydrogens (tertiary/aromatic N) is 2. The van der Waals surface area contributed by atoms with E-state index in [-0.39, 0.29) is 6.03 Å². The summed E-state index contributed by atoms with van der Waals surface area (Å²) < 4.78 is 2.00. The largest absolute Gasteiger partial charge is 0.334 e. The fourth-order valence-corrected chi connectivity index (χ4v) is 3.89. The van der Waals surface area contributed by atoms with Crippen molar-refractivity contribution in [1.29, 1.82) is 0 Å². The lowest BCUT2D eigenvalue weighted by Gasteiger charge is -2.12. The van der Waals surface area contributed by atoms with Crippen molar-refractivity contribution in [3.8, 4) is 11.3 Å². The zero-order valence-electron chi connectivity index (χ0n) is 17.2. The molecular weight excluding hydrogens is 384 g/mol. The molecule has 2 aromatic heterocycles. The van der Waals surface area contributed by atoms with E-state index in [0.29, 0.717) is 6.54 Å². The second-order valence-electron chi connectivity index (χ2n) is 7.54. The molecule has 0 saturated carbocycles. The smallest absolute Gasteiger partial charge is 0.319 e. The van der Waals surface area contributed by atoms with Crippen molar-refractivity contribution in [2.24, 2.45) is 0 Å². The fraction of sp³-hybridized carbons (Fsp3) is 0.0769. The number of aromatic nitrogens is 2. The second-order valence-corrected chi connectivity index (χ2v) is 7.54. The van der Waals surface area contributed by atoms with E-state index in [0.717, 1.165) is 44.5 Å². The lowest BCUT2D eigenvalue weighted by molar-refractivity contribution is 0.252. The number of imidazole rings is 1. The number of anilines is 1. The van der Waals surface area contributed by atoms with E-state index in [2.05, 4.69) is 28.8 Å². The van der Waals surface area contributed by atoms with Crippen LogP contribution >= 0.6 is 0 Å². The quantitative estimate of drug-likeness (QED) is 0.397. The molecule has 3 aromatic carbocycles. The summed E-state index contributed by atoms with van der Waals surface area (Å²) in [6.45, 7) is 2.49. The van der Waals surface area contributed by atoms with Gasteiger partial charge in [-0.25, -0.2) is 9.78 Å². The van der Waals surface area contributed by atoms with Crippen LogP contribution in [0.15, 0.2) is 91.3 Å². The third kappa shape index (κ3) is 3.73. The fourth-order valence-electron chi connectivity index (χ4n) is 3.89. The van der Waals surface area contributed by atoms with Crippen LogP contribution in [-0.4, -0.2) is 15.4 Å². The Morgan fingerprint density at radius 1 is 0.935 bits per heavy atom. The van der Waals surface area contributed by atoms with Gasteiger partial charge in [0.2, 0.25) is 0 Å². The van der Waals surface area contributed by atoms with Gasteiger partial charge in [0.15, 0.2) is 0 Å². The summed E-state index contributed by atoms with van der Waals surface area (Å²) in [7, 11) is 0. The maximum atomic E-state index is 12.7. The molecule has 0 bridgehead atoms. The normalized spacial score (nSPS) is 11.0. The van der Waals surface area contributed by atoms with Crippen LogP contribution in [-0.2, 0) is 6.54 Å². The maximum absolute atomic E-state index is 12.7. The van der Waals surface area contributed by atoms with Crippen molar-refractivity contribution < 1.29 is 4.79 Å². The molecule has 5 heteroatoms. The minimum Gasteiger partial charge on any atom is -0.334 e. The highest BCUT2D eigenvalue weighted by molar-refractivity contribution is 5.94. The van der Waals surface area contributed by atoms with Crippen molar-refractivity contribution in [2.75, 3.05) is 5.32 Å². The first kappa shape index (κ1) is 18.9. The zero-order chi connectivity index (χ0) is 21.2. The first-order valence-corrected chi connectivity index (χ1v) is 10.2. The topological polar surface area (TPSA) is 58.4 Å². The molecule has 2 N–H and O–H groups in total. The molecule has 0 aliphatic rings. The number of aryl methyl sites for hydroxylation is 1. The van der Waals surface area contributed by atoms with Crippen molar-refractivity contribution in [2.45, 2.75) is 13.5 Å². The second kappa shape index (κ2) is 7.95.